The minimum absolute atomic E-state index is 0.216. The van der Waals surface area contributed by atoms with E-state index in [4.69, 9.17) is 0 Å². The van der Waals surface area contributed by atoms with Gasteiger partial charge in [-0.15, -0.1) is 11.3 Å². The van der Waals surface area contributed by atoms with Crippen LogP contribution < -0.4 is 5.32 Å². The predicted octanol–water partition coefficient (Wildman–Crippen LogP) is 4.23. The zero-order chi connectivity index (χ0) is 16.4. The Morgan fingerprint density at radius 2 is 2.17 bits per heavy atom. The van der Waals surface area contributed by atoms with Gasteiger partial charge in [0.25, 0.3) is 5.91 Å². The monoisotopic (exact) mass is 333 g/mol. The van der Waals surface area contributed by atoms with Gasteiger partial charge in [-0.3, -0.25) is 9.89 Å². The molecule has 1 aromatic carbocycles. The van der Waals surface area contributed by atoms with Crippen LogP contribution in [-0.4, -0.2) is 16.1 Å². The number of aryl methyl sites for hydroxylation is 1. The molecule has 1 amide bonds. The fourth-order valence-electron chi connectivity index (χ4n) is 2.21. The molecule has 2 heterocycles. The molecule has 0 aliphatic rings. The number of hydrogen-bond donors (Lipinski definition) is 2. The SMILES string of the molecule is CCc1[nH]nc(-c2cccs2)c1NC(=O)c1ccc(F)cc1F. The van der Waals surface area contributed by atoms with Crippen LogP contribution in [0.1, 0.15) is 23.0 Å². The second-order valence-electron chi connectivity index (χ2n) is 4.83. The average Bonchev–Trinajstić information content (AvgIpc) is 3.15. The number of carbonyl (C=O) groups is 1. The van der Waals surface area contributed by atoms with Crippen LogP contribution in [0.5, 0.6) is 0 Å². The number of benzene rings is 1. The van der Waals surface area contributed by atoms with E-state index < -0.39 is 17.5 Å². The molecule has 0 bridgehead atoms. The van der Waals surface area contributed by atoms with Gasteiger partial charge in [-0.05, 0) is 30.0 Å². The van der Waals surface area contributed by atoms with Crippen molar-refractivity contribution in [3.8, 4) is 10.6 Å². The molecule has 23 heavy (non-hydrogen) atoms. The lowest BCUT2D eigenvalue weighted by atomic mass is 10.1. The fourth-order valence-corrected chi connectivity index (χ4v) is 2.93. The summed E-state index contributed by atoms with van der Waals surface area (Å²) in [6.07, 6.45) is 0.625. The van der Waals surface area contributed by atoms with Gasteiger partial charge < -0.3 is 5.32 Å². The highest BCUT2D eigenvalue weighted by atomic mass is 32.1. The smallest absolute Gasteiger partial charge is 0.258 e. The molecule has 2 aromatic heterocycles. The number of hydrogen-bond acceptors (Lipinski definition) is 3. The van der Waals surface area contributed by atoms with Crippen LogP contribution in [0.15, 0.2) is 35.7 Å². The van der Waals surface area contributed by atoms with Gasteiger partial charge in [-0.2, -0.15) is 5.10 Å². The summed E-state index contributed by atoms with van der Waals surface area (Å²) in [6, 6.07) is 6.62. The molecule has 2 N–H and O–H groups in total. The maximum Gasteiger partial charge on any atom is 0.258 e. The predicted molar refractivity (Wildman–Crippen MR) is 85.6 cm³/mol. The summed E-state index contributed by atoms with van der Waals surface area (Å²) in [5.74, 6) is -2.27. The van der Waals surface area contributed by atoms with Crippen molar-refractivity contribution in [2.45, 2.75) is 13.3 Å². The van der Waals surface area contributed by atoms with Crippen molar-refractivity contribution in [1.29, 1.82) is 0 Å². The Bertz CT molecular complexity index is 843. The molecule has 118 valence electrons. The lowest BCUT2D eigenvalue weighted by Gasteiger charge is -2.08. The highest BCUT2D eigenvalue weighted by Gasteiger charge is 2.19. The summed E-state index contributed by atoms with van der Waals surface area (Å²) < 4.78 is 26.7. The van der Waals surface area contributed by atoms with Crippen molar-refractivity contribution in [3.05, 3.63) is 58.6 Å². The Morgan fingerprint density at radius 1 is 1.35 bits per heavy atom. The van der Waals surface area contributed by atoms with Crippen LogP contribution in [0.2, 0.25) is 0 Å². The normalized spacial score (nSPS) is 10.7. The molecular formula is C16H13F2N3OS. The standard InChI is InChI=1S/C16H13F2N3OS/c1-2-12-14(15(21-20-12)13-4-3-7-23-13)19-16(22)10-6-5-9(17)8-11(10)18/h3-8H,2H2,1H3,(H,19,22)(H,20,21). The van der Waals surface area contributed by atoms with E-state index in [1.807, 2.05) is 24.4 Å². The molecule has 0 unspecified atom stereocenters. The molecule has 0 atom stereocenters. The van der Waals surface area contributed by atoms with E-state index in [1.54, 1.807) is 0 Å². The van der Waals surface area contributed by atoms with Crippen molar-refractivity contribution in [3.63, 3.8) is 0 Å². The average molecular weight is 333 g/mol. The topological polar surface area (TPSA) is 57.8 Å². The Labute approximate surface area is 135 Å². The summed E-state index contributed by atoms with van der Waals surface area (Å²) >= 11 is 1.48. The van der Waals surface area contributed by atoms with Gasteiger partial charge >= 0.3 is 0 Å². The van der Waals surface area contributed by atoms with Crippen LogP contribution in [-0.2, 0) is 6.42 Å². The maximum absolute atomic E-state index is 13.8. The van der Waals surface area contributed by atoms with Crippen LogP contribution >= 0.6 is 11.3 Å². The van der Waals surface area contributed by atoms with Gasteiger partial charge in [0.2, 0.25) is 0 Å². The number of halogens is 2. The molecule has 0 saturated heterocycles. The van der Waals surface area contributed by atoms with E-state index in [9.17, 15) is 13.6 Å². The first-order valence-electron chi connectivity index (χ1n) is 6.97. The zero-order valence-electron chi connectivity index (χ0n) is 12.2. The van der Waals surface area contributed by atoms with Crippen molar-refractivity contribution in [1.82, 2.24) is 10.2 Å². The maximum atomic E-state index is 13.8. The summed E-state index contributed by atoms with van der Waals surface area (Å²) in [4.78, 5) is 13.2. The lowest BCUT2D eigenvalue weighted by Crippen LogP contribution is -2.15. The number of nitrogens with zero attached hydrogens (tertiary/aromatic N) is 1. The quantitative estimate of drug-likeness (QED) is 0.750. The van der Waals surface area contributed by atoms with Gasteiger partial charge in [-0.1, -0.05) is 13.0 Å². The van der Waals surface area contributed by atoms with Crippen LogP contribution in [0.3, 0.4) is 0 Å². The first kappa shape index (κ1) is 15.4. The van der Waals surface area contributed by atoms with Gasteiger partial charge in [-0.25, -0.2) is 8.78 Å². The molecule has 0 aliphatic heterocycles. The van der Waals surface area contributed by atoms with Gasteiger partial charge in [0.15, 0.2) is 0 Å². The second-order valence-corrected chi connectivity index (χ2v) is 5.78. The molecule has 0 spiro atoms. The molecule has 0 radical (unpaired) electrons. The minimum Gasteiger partial charge on any atom is -0.318 e. The number of H-pyrrole nitrogens is 1. The Balaban J connectivity index is 1.96. The largest absolute Gasteiger partial charge is 0.318 e. The summed E-state index contributed by atoms with van der Waals surface area (Å²) in [7, 11) is 0. The molecule has 3 rings (SSSR count). The van der Waals surface area contributed by atoms with E-state index in [2.05, 4.69) is 15.5 Å². The molecular weight excluding hydrogens is 320 g/mol. The molecule has 0 aliphatic carbocycles. The Morgan fingerprint density at radius 3 is 2.83 bits per heavy atom. The lowest BCUT2D eigenvalue weighted by molar-refractivity contribution is 0.102. The number of amides is 1. The van der Waals surface area contributed by atoms with Crippen LogP contribution in [0, 0.1) is 11.6 Å². The van der Waals surface area contributed by atoms with E-state index >= 15 is 0 Å². The van der Waals surface area contributed by atoms with Crippen molar-refractivity contribution in [2.24, 2.45) is 0 Å². The number of aromatic amines is 1. The molecule has 0 fully saturated rings. The summed E-state index contributed by atoms with van der Waals surface area (Å²) in [6.45, 7) is 1.92. The number of thiophene rings is 1. The number of rotatable bonds is 4. The fraction of sp³-hybridized carbons (Fsp3) is 0.125. The highest BCUT2D eigenvalue weighted by Crippen LogP contribution is 2.32. The zero-order valence-corrected chi connectivity index (χ0v) is 13.0. The van der Waals surface area contributed by atoms with Gasteiger partial charge in [0, 0.05) is 6.07 Å². The third-order valence-electron chi connectivity index (χ3n) is 3.36. The Hall–Kier alpha value is -2.54. The van der Waals surface area contributed by atoms with Crippen molar-refractivity contribution >= 4 is 22.9 Å². The molecule has 0 saturated carbocycles. The third-order valence-corrected chi connectivity index (χ3v) is 4.24. The van der Waals surface area contributed by atoms with Crippen LogP contribution in [0.25, 0.3) is 10.6 Å². The Kier molecular flexibility index (Phi) is 4.20. The first-order chi connectivity index (χ1) is 11.1. The van der Waals surface area contributed by atoms with Crippen LogP contribution in [0.4, 0.5) is 14.5 Å². The van der Waals surface area contributed by atoms with Gasteiger partial charge in [0.05, 0.1) is 21.8 Å². The third kappa shape index (κ3) is 3.00. The highest BCUT2D eigenvalue weighted by molar-refractivity contribution is 7.13. The molecule has 4 nitrogen and oxygen atoms in total. The van der Waals surface area contributed by atoms with Crippen molar-refractivity contribution in [2.75, 3.05) is 5.32 Å². The summed E-state index contributed by atoms with van der Waals surface area (Å²) in [5.41, 5.74) is 1.65. The van der Waals surface area contributed by atoms with Crippen molar-refractivity contribution < 1.29 is 13.6 Å². The molecule has 7 heteroatoms. The van der Waals surface area contributed by atoms with E-state index in [0.29, 0.717) is 23.9 Å². The van der Waals surface area contributed by atoms with E-state index in [1.165, 1.54) is 11.3 Å². The van der Waals surface area contributed by atoms with E-state index in [-0.39, 0.29) is 5.56 Å². The number of anilines is 1. The second kappa shape index (κ2) is 6.29. The number of aromatic nitrogens is 2. The van der Waals surface area contributed by atoms with Gasteiger partial charge in [0.1, 0.15) is 17.3 Å². The number of carbonyl (C=O) groups excluding carboxylic acids is 1. The number of nitrogens with one attached hydrogen (secondary N) is 2. The minimum atomic E-state index is -0.901. The molecule has 3 aromatic rings. The summed E-state index contributed by atoms with van der Waals surface area (Å²) in [5, 5.41) is 11.7. The first-order valence-corrected chi connectivity index (χ1v) is 7.85. The van der Waals surface area contributed by atoms with E-state index in [0.717, 1.165) is 22.7 Å².